The van der Waals surface area contributed by atoms with Crippen molar-refractivity contribution < 1.29 is 4.79 Å². The molecule has 0 amide bonds. The van der Waals surface area contributed by atoms with Gasteiger partial charge < -0.3 is 0 Å². The summed E-state index contributed by atoms with van der Waals surface area (Å²) in [6, 6.07) is 9.72. The third-order valence-corrected chi connectivity index (χ3v) is 3.73. The lowest BCUT2D eigenvalue weighted by atomic mass is 9.89. The maximum atomic E-state index is 12.2. The second-order valence-corrected chi connectivity index (χ2v) is 5.50. The molecule has 0 N–H and O–H groups in total. The fourth-order valence-corrected chi connectivity index (χ4v) is 2.62. The Bertz CT molecular complexity index is 342. The van der Waals surface area contributed by atoms with Crippen LogP contribution >= 0.6 is 0 Å². The van der Waals surface area contributed by atoms with Gasteiger partial charge in [0.1, 0.15) is 0 Å². The van der Waals surface area contributed by atoms with Crippen molar-refractivity contribution >= 4 is 5.78 Å². The van der Waals surface area contributed by atoms with Crippen LogP contribution in [0.25, 0.3) is 0 Å². The van der Waals surface area contributed by atoms with Crippen LogP contribution in [-0.2, 0) is 0 Å². The van der Waals surface area contributed by atoms with Crippen LogP contribution in [-0.4, -0.2) is 5.78 Å². The molecule has 1 rings (SSSR count). The Morgan fingerprint density at radius 1 is 0.947 bits per heavy atom. The van der Waals surface area contributed by atoms with E-state index in [0.29, 0.717) is 11.7 Å². The number of benzene rings is 1. The Morgan fingerprint density at radius 3 is 2.32 bits per heavy atom. The van der Waals surface area contributed by atoms with Crippen molar-refractivity contribution in [3.8, 4) is 0 Å². The summed E-state index contributed by atoms with van der Waals surface area (Å²) in [4.78, 5) is 12.2. The Hall–Kier alpha value is -1.11. The monoisotopic (exact) mass is 260 g/mol. The van der Waals surface area contributed by atoms with Crippen molar-refractivity contribution in [2.75, 3.05) is 0 Å². The van der Waals surface area contributed by atoms with Gasteiger partial charge in [0, 0.05) is 12.0 Å². The fraction of sp³-hybridized carbons (Fsp3) is 0.611. The van der Waals surface area contributed by atoms with Gasteiger partial charge >= 0.3 is 0 Å². The van der Waals surface area contributed by atoms with E-state index in [-0.39, 0.29) is 0 Å². The Kier molecular flexibility index (Phi) is 8.20. The number of unbranched alkanes of at least 4 members (excludes halogenated alkanes) is 3. The van der Waals surface area contributed by atoms with Crippen LogP contribution in [0, 0.1) is 5.92 Å². The van der Waals surface area contributed by atoms with Crippen molar-refractivity contribution in [2.45, 2.75) is 65.2 Å². The Morgan fingerprint density at radius 2 is 1.68 bits per heavy atom. The van der Waals surface area contributed by atoms with E-state index >= 15 is 0 Å². The summed E-state index contributed by atoms with van der Waals surface area (Å²) in [5.74, 6) is 0.893. The van der Waals surface area contributed by atoms with E-state index in [0.717, 1.165) is 12.0 Å². The predicted molar refractivity (Wildman–Crippen MR) is 82.5 cm³/mol. The summed E-state index contributed by atoms with van der Waals surface area (Å²) in [6.45, 7) is 4.45. The lowest BCUT2D eigenvalue weighted by Gasteiger charge is -2.15. The molecular weight excluding hydrogens is 232 g/mol. The molecule has 1 nitrogen and oxygen atoms in total. The van der Waals surface area contributed by atoms with Crippen LogP contribution in [0.5, 0.6) is 0 Å². The van der Waals surface area contributed by atoms with Gasteiger partial charge in [0.15, 0.2) is 5.78 Å². The molecule has 0 spiro atoms. The van der Waals surface area contributed by atoms with Crippen LogP contribution in [0.1, 0.15) is 75.6 Å². The SMILES string of the molecule is CCCCCCC(CCC)CC(=O)c1ccccc1. The van der Waals surface area contributed by atoms with E-state index in [1.165, 1.54) is 44.9 Å². The molecule has 1 atom stereocenters. The molecule has 1 heteroatoms. The molecule has 0 aliphatic heterocycles. The predicted octanol–water partition coefficient (Wildman–Crippen LogP) is 5.65. The minimum absolute atomic E-state index is 0.314. The summed E-state index contributed by atoms with van der Waals surface area (Å²) in [6.07, 6.45) is 9.51. The number of carbonyl (C=O) groups excluding carboxylic acids is 1. The topological polar surface area (TPSA) is 17.1 Å². The van der Waals surface area contributed by atoms with E-state index in [2.05, 4.69) is 13.8 Å². The molecule has 0 saturated heterocycles. The van der Waals surface area contributed by atoms with Crippen LogP contribution in [0.15, 0.2) is 30.3 Å². The zero-order valence-corrected chi connectivity index (χ0v) is 12.5. The lowest BCUT2D eigenvalue weighted by molar-refractivity contribution is 0.0955. The average Bonchev–Trinajstić information content (AvgIpc) is 2.44. The molecule has 0 aliphatic carbocycles. The molecule has 0 heterocycles. The minimum atomic E-state index is 0.314. The molecular formula is C18H28O. The highest BCUT2D eigenvalue weighted by molar-refractivity contribution is 5.96. The second kappa shape index (κ2) is 9.77. The van der Waals surface area contributed by atoms with Crippen LogP contribution in [0.3, 0.4) is 0 Å². The van der Waals surface area contributed by atoms with Gasteiger partial charge in [-0.05, 0) is 5.92 Å². The molecule has 1 aromatic carbocycles. The van der Waals surface area contributed by atoms with E-state index in [1.54, 1.807) is 0 Å². The molecule has 19 heavy (non-hydrogen) atoms. The molecule has 106 valence electrons. The zero-order valence-electron chi connectivity index (χ0n) is 12.5. The van der Waals surface area contributed by atoms with E-state index < -0.39 is 0 Å². The maximum Gasteiger partial charge on any atom is 0.163 e. The molecule has 0 fully saturated rings. The standard InChI is InChI=1S/C18H28O/c1-3-5-6-8-12-16(11-4-2)15-18(19)17-13-9-7-10-14-17/h7,9-10,13-14,16H,3-6,8,11-12,15H2,1-2H3. The molecule has 0 bridgehead atoms. The summed E-state index contributed by atoms with van der Waals surface area (Å²) >= 11 is 0. The van der Waals surface area contributed by atoms with Gasteiger partial charge in [0.05, 0.1) is 0 Å². The highest BCUT2D eigenvalue weighted by Gasteiger charge is 2.14. The van der Waals surface area contributed by atoms with Gasteiger partial charge in [0.2, 0.25) is 0 Å². The van der Waals surface area contributed by atoms with E-state index in [9.17, 15) is 4.79 Å². The fourth-order valence-electron chi connectivity index (χ4n) is 2.62. The molecule has 0 aromatic heterocycles. The molecule has 0 aliphatic rings. The third kappa shape index (κ3) is 6.56. The van der Waals surface area contributed by atoms with Crippen LogP contribution < -0.4 is 0 Å². The number of hydrogen-bond donors (Lipinski definition) is 0. The lowest BCUT2D eigenvalue weighted by Crippen LogP contribution is -2.09. The number of hydrogen-bond acceptors (Lipinski definition) is 1. The van der Waals surface area contributed by atoms with Gasteiger partial charge in [-0.1, -0.05) is 89.1 Å². The van der Waals surface area contributed by atoms with E-state index in [4.69, 9.17) is 0 Å². The van der Waals surface area contributed by atoms with Crippen molar-refractivity contribution in [3.63, 3.8) is 0 Å². The second-order valence-electron chi connectivity index (χ2n) is 5.50. The number of ketones is 1. The van der Waals surface area contributed by atoms with Gasteiger partial charge in [0.25, 0.3) is 0 Å². The van der Waals surface area contributed by atoms with E-state index in [1.807, 2.05) is 30.3 Å². The summed E-state index contributed by atoms with van der Waals surface area (Å²) in [5, 5.41) is 0. The van der Waals surface area contributed by atoms with Gasteiger partial charge in [-0.15, -0.1) is 0 Å². The Labute approximate surface area is 118 Å². The van der Waals surface area contributed by atoms with Gasteiger partial charge in [-0.2, -0.15) is 0 Å². The molecule has 1 unspecified atom stereocenters. The molecule has 1 aromatic rings. The first-order valence-corrected chi connectivity index (χ1v) is 7.86. The van der Waals surface area contributed by atoms with Crippen molar-refractivity contribution in [2.24, 2.45) is 5.92 Å². The van der Waals surface area contributed by atoms with Gasteiger partial charge in [-0.25, -0.2) is 0 Å². The van der Waals surface area contributed by atoms with Crippen molar-refractivity contribution in [1.82, 2.24) is 0 Å². The summed E-state index contributed by atoms with van der Waals surface area (Å²) < 4.78 is 0. The van der Waals surface area contributed by atoms with Crippen molar-refractivity contribution in [3.05, 3.63) is 35.9 Å². The first-order chi connectivity index (χ1) is 9.27. The quantitative estimate of drug-likeness (QED) is 0.392. The molecule has 0 radical (unpaired) electrons. The number of carbonyl (C=O) groups is 1. The van der Waals surface area contributed by atoms with Crippen LogP contribution in [0.4, 0.5) is 0 Å². The number of rotatable bonds is 10. The van der Waals surface area contributed by atoms with Crippen molar-refractivity contribution in [1.29, 1.82) is 0 Å². The third-order valence-electron chi connectivity index (χ3n) is 3.73. The van der Waals surface area contributed by atoms with Crippen LogP contribution in [0.2, 0.25) is 0 Å². The highest BCUT2D eigenvalue weighted by atomic mass is 16.1. The normalized spacial score (nSPS) is 12.3. The maximum absolute atomic E-state index is 12.2. The van der Waals surface area contributed by atoms with Gasteiger partial charge in [-0.3, -0.25) is 4.79 Å². The first-order valence-electron chi connectivity index (χ1n) is 7.86. The average molecular weight is 260 g/mol. The summed E-state index contributed by atoms with van der Waals surface area (Å²) in [5.41, 5.74) is 0.872. The molecule has 0 saturated carbocycles. The highest BCUT2D eigenvalue weighted by Crippen LogP contribution is 2.21. The largest absolute Gasteiger partial charge is 0.294 e. The number of Topliss-reactive ketones (excluding diaryl/α,β-unsaturated/α-hetero) is 1. The summed E-state index contributed by atoms with van der Waals surface area (Å²) in [7, 11) is 0. The first kappa shape index (κ1) is 15.9. The minimum Gasteiger partial charge on any atom is -0.294 e. The smallest absolute Gasteiger partial charge is 0.163 e. The zero-order chi connectivity index (χ0) is 13.9. The Balaban J connectivity index is 2.41.